The van der Waals surface area contributed by atoms with E-state index in [-0.39, 0.29) is 28.1 Å². The highest BCUT2D eigenvalue weighted by atomic mass is 35.5. The SMILES string of the molecule is Cc1nnc(SCC(=O)Nc2ccc(Cl)cc2[N+](=O)[O-])n1C. The smallest absolute Gasteiger partial charge is 0.294 e. The first kappa shape index (κ1) is 16.2. The van der Waals surface area contributed by atoms with Crippen LogP contribution in [0.3, 0.4) is 0 Å². The Morgan fingerprint density at radius 2 is 2.23 bits per heavy atom. The summed E-state index contributed by atoms with van der Waals surface area (Å²) in [7, 11) is 1.79. The van der Waals surface area contributed by atoms with Crippen molar-refractivity contribution in [2.24, 2.45) is 7.05 Å². The number of nitrogens with one attached hydrogen (secondary N) is 1. The number of hydrogen-bond acceptors (Lipinski definition) is 6. The van der Waals surface area contributed by atoms with Crippen molar-refractivity contribution in [1.82, 2.24) is 14.8 Å². The molecule has 0 saturated carbocycles. The number of carbonyl (C=O) groups is 1. The number of hydrogen-bond donors (Lipinski definition) is 1. The monoisotopic (exact) mass is 341 g/mol. The minimum absolute atomic E-state index is 0.0613. The van der Waals surface area contributed by atoms with Gasteiger partial charge in [-0.1, -0.05) is 23.4 Å². The molecular weight excluding hydrogens is 330 g/mol. The van der Waals surface area contributed by atoms with Crippen molar-refractivity contribution in [3.05, 3.63) is 39.2 Å². The Bertz CT molecular complexity index is 734. The van der Waals surface area contributed by atoms with Gasteiger partial charge in [0, 0.05) is 18.1 Å². The number of aromatic nitrogens is 3. The number of benzene rings is 1. The van der Waals surface area contributed by atoms with Gasteiger partial charge in [0.25, 0.3) is 5.69 Å². The van der Waals surface area contributed by atoms with Crippen LogP contribution in [0.2, 0.25) is 5.02 Å². The largest absolute Gasteiger partial charge is 0.320 e. The van der Waals surface area contributed by atoms with Crippen molar-refractivity contribution in [3.8, 4) is 0 Å². The highest BCUT2D eigenvalue weighted by molar-refractivity contribution is 7.99. The second-order valence-corrected chi connectivity index (χ2v) is 5.72. The van der Waals surface area contributed by atoms with E-state index in [2.05, 4.69) is 15.5 Å². The van der Waals surface area contributed by atoms with E-state index in [1.54, 1.807) is 18.5 Å². The molecule has 0 saturated heterocycles. The second kappa shape index (κ2) is 6.75. The molecule has 0 atom stereocenters. The third kappa shape index (κ3) is 3.74. The van der Waals surface area contributed by atoms with Gasteiger partial charge in [0.05, 0.1) is 10.7 Å². The Morgan fingerprint density at radius 1 is 1.50 bits per heavy atom. The van der Waals surface area contributed by atoms with E-state index in [1.807, 2.05) is 0 Å². The van der Waals surface area contributed by atoms with Gasteiger partial charge < -0.3 is 9.88 Å². The fraction of sp³-hybridized carbons (Fsp3) is 0.250. The molecular formula is C12H12ClN5O3S. The number of thioether (sulfide) groups is 1. The number of aryl methyl sites for hydroxylation is 1. The maximum absolute atomic E-state index is 11.9. The molecule has 8 nitrogen and oxygen atoms in total. The molecule has 116 valence electrons. The van der Waals surface area contributed by atoms with Gasteiger partial charge in [-0.2, -0.15) is 0 Å². The number of nitro benzene ring substituents is 1. The van der Waals surface area contributed by atoms with Gasteiger partial charge in [-0.3, -0.25) is 14.9 Å². The van der Waals surface area contributed by atoms with Gasteiger partial charge in [-0.05, 0) is 19.1 Å². The normalized spacial score (nSPS) is 10.5. The van der Waals surface area contributed by atoms with Crippen molar-refractivity contribution in [2.45, 2.75) is 12.1 Å². The summed E-state index contributed by atoms with van der Waals surface area (Å²) in [6.45, 7) is 1.80. The van der Waals surface area contributed by atoms with E-state index < -0.39 is 4.92 Å². The predicted octanol–water partition coefficient (Wildman–Crippen LogP) is 2.42. The summed E-state index contributed by atoms with van der Waals surface area (Å²) in [5.41, 5.74) is -0.144. The summed E-state index contributed by atoms with van der Waals surface area (Å²) in [6, 6.07) is 4.06. The number of halogens is 1. The lowest BCUT2D eigenvalue weighted by molar-refractivity contribution is -0.383. The summed E-state index contributed by atoms with van der Waals surface area (Å²) in [5, 5.41) is 22.1. The molecule has 2 rings (SSSR count). The molecule has 10 heteroatoms. The Hall–Kier alpha value is -2.13. The number of rotatable bonds is 5. The Balaban J connectivity index is 2.03. The minimum atomic E-state index is -0.597. The average molecular weight is 342 g/mol. The minimum Gasteiger partial charge on any atom is -0.320 e. The maximum Gasteiger partial charge on any atom is 0.294 e. The Morgan fingerprint density at radius 3 is 2.82 bits per heavy atom. The molecule has 2 aromatic rings. The molecule has 22 heavy (non-hydrogen) atoms. The topological polar surface area (TPSA) is 103 Å². The van der Waals surface area contributed by atoms with Crippen molar-refractivity contribution in [3.63, 3.8) is 0 Å². The van der Waals surface area contributed by atoms with Gasteiger partial charge in [-0.25, -0.2) is 0 Å². The fourth-order valence-corrected chi connectivity index (χ4v) is 2.51. The van der Waals surface area contributed by atoms with E-state index in [0.29, 0.717) is 5.16 Å². The van der Waals surface area contributed by atoms with Crippen LogP contribution in [0.25, 0.3) is 0 Å². The van der Waals surface area contributed by atoms with Crippen LogP contribution in [0.5, 0.6) is 0 Å². The summed E-state index contributed by atoms with van der Waals surface area (Å²) < 4.78 is 1.75. The molecule has 1 N–H and O–H groups in total. The number of amides is 1. The van der Waals surface area contributed by atoms with E-state index in [0.717, 1.165) is 5.82 Å². The molecule has 1 aromatic heterocycles. The van der Waals surface area contributed by atoms with Crippen LogP contribution in [0.4, 0.5) is 11.4 Å². The van der Waals surface area contributed by atoms with Gasteiger partial charge in [0.2, 0.25) is 5.91 Å². The quantitative estimate of drug-likeness (QED) is 0.509. The molecule has 1 aromatic carbocycles. The van der Waals surface area contributed by atoms with Crippen molar-refractivity contribution in [1.29, 1.82) is 0 Å². The first-order valence-electron chi connectivity index (χ1n) is 6.11. The van der Waals surface area contributed by atoms with E-state index >= 15 is 0 Å². The molecule has 1 amide bonds. The van der Waals surface area contributed by atoms with Crippen LogP contribution < -0.4 is 5.32 Å². The van der Waals surface area contributed by atoms with Crippen molar-refractivity contribution in [2.75, 3.05) is 11.1 Å². The Labute approximate surface area is 135 Å². The molecule has 0 unspecified atom stereocenters. The maximum atomic E-state index is 11.9. The van der Waals surface area contributed by atoms with Gasteiger partial charge in [0.15, 0.2) is 5.16 Å². The van der Waals surface area contributed by atoms with E-state index in [9.17, 15) is 14.9 Å². The van der Waals surface area contributed by atoms with E-state index in [4.69, 9.17) is 11.6 Å². The molecule has 0 aliphatic carbocycles. The van der Waals surface area contributed by atoms with Crippen LogP contribution in [0.15, 0.2) is 23.4 Å². The van der Waals surface area contributed by atoms with Crippen LogP contribution in [-0.2, 0) is 11.8 Å². The zero-order valence-electron chi connectivity index (χ0n) is 11.7. The predicted molar refractivity (Wildman–Crippen MR) is 83.2 cm³/mol. The summed E-state index contributed by atoms with van der Waals surface area (Å²) in [5.74, 6) is 0.415. The second-order valence-electron chi connectivity index (χ2n) is 4.34. The lowest BCUT2D eigenvalue weighted by Crippen LogP contribution is -2.15. The first-order valence-corrected chi connectivity index (χ1v) is 7.47. The zero-order chi connectivity index (χ0) is 16.3. The number of nitro groups is 1. The first-order chi connectivity index (χ1) is 10.4. The highest BCUT2D eigenvalue weighted by Crippen LogP contribution is 2.28. The third-order valence-electron chi connectivity index (χ3n) is 2.82. The summed E-state index contributed by atoms with van der Waals surface area (Å²) in [6.07, 6.45) is 0. The fourth-order valence-electron chi connectivity index (χ4n) is 1.59. The molecule has 0 radical (unpaired) electrons. The third-order valence-corrected chi connectivity index (χ3v) is 4.07. The highest BCUT2D eigenvalue weighted by Gasteiger charge is 2.17. The molecule has 0 spiro atoms. The lowest BCUT2D eigenvalue weighted by Gasteiger charge is -2.06. The van der Waals surface area contributed by atoms with Gasteiger partial charge in [-0.15, -0.1) is 10.2 Å². The van der Waals surface area contributed by atoms with Crippen molar-refractivity contribution >= 4 is 40.6 Å². The van der Waals surface area contributed by atoms with Gasteiger partial charge in [0.1, 0.15) is 11.5 Å². The Kier molecular flexibility index (Phi) is 4.99. The number of carbonyl (C=O) groups excluding carboxylic acids is 1. The molecule has 0 aliphatic rings. The number of nitrogens with zero attached hydrogens (tertiary/aromatic N) is 4. The van der Waals surface area contributed by atoms with E-state index in [1.165, 1.54) is 30.0 Å². The van der Waals surface area contributed by atoms with Crippen molar-refractivity contribution < 1.29 is 9.72 Å². The number of anilines is 1. The molecule has 1 heterocycles. The summed E-state index contributed by atoms with van der Waals surface area (Å²) in [4.78, 5) is 22.3. The lowest BCUT2D eigenvalue weighted by atomic mass is 10.2. The summed E-state index contributed by atoms with van der Waals surface area (Å²) >= 11 is 6.91. The van der Waals surface area contributed by atoms with Gasteiger partial charge >= 0.3 is 0 Å². The molecule has 0 aliphatic heterocycles. The molecule has 0 bridgehead atoms. The van der Waals surface area contributed by atoms with Crippen LogP contribution in [0.1, 0.15) is 5.82 Å². The van der Waals surface area contributed by atoms with Crippen LogP contribution in [0, 0.1) is 17.0 Å². The zero-order valence-corrected chi connectivity index (χ0v) is 13.3. The average Bonchev–Trinajstić information content (AvgIpc) is 2.78. The van der Waals surface area contributed by atoms with Crippen LogP contribution in [-0.4, -0.2) is 31.3 Å². The standard InChI is InChI=1S/C12H12ClN5O3S/c1-7-15-16-12(17(7)2)22-6-11(19)14-9-4-3-8(13)5-10(9)18(20)21/h3-5H,6H2,1-2H3,(H,14,19). The molecule has 0 fully saturated rings. The van der Waals surface area contributed by atoms with Crippen LogP contribution >= 0.6 is 23.4 Å².